The molecule has 1 aromatic carbocycles. The third-order valence-electron chi connectivity index (χ3n) is 4.13. The maximum atomic E-state index is 12.6. The Labute approximate surface area is 144 Å². The monoisotopic (exact) mass is 347 g/mol. The Morgan fingerprint density at radius 3 is 3.00 bits per heavy atom. The van der Waals surface area contributed by atoms with Crippen LogP contribution in [0.3, 0.4) is 0 Å². The van der Waals surface area contributed by atoms with E-state index in [-0.39, 0.29) is 11.8 Å². The zero-order valence-electron chi connectivity index (χ0n) is 13.5. The number of rotatable bonds is 4. The van der Waals surface area contributed by atoms with Crippen LogP contribution in [0.5, 0.6) is 0 Å². The molecular formula is C17H18ClN3O3. The van der Waals surface area contributed by atoms with Crippen LogP contribution < -0.4 is 10.2 Å². The Balaban J connectivity index is 1.74. The van der Waals surface area contributed by atoms with E-state index in [1.807, 2.05) is 13.0 Å². The van der Waals surface area contributed by atoms with Crippen molar-refractivity contribution >= 4 is 29.1 Å². The smallest absolute Gasteiger partial charge is 0.257 e. The number of nitrogens with one attached hydrogen (secondary N) is 1. The standard InChI is InChI=1S/C17H18ClN3O3/c1-3-13-15(10(2)24-20-13)16(22)19-14-7-8-21(17(14)23)12-6-4-5-11(18)9-12/h4-6,9,14H,3,7-8H2,1-2H3,(H,19,22)/t14-/m0/s1. The van der Waals surface area contributed by atoms with E-state index >= 15 is 0 Å². The predicted octanol–water partition coefficient (Wildman–Crippen LogP) is 2.73. The fourth-order valence-electron chi connectivity index (χ4n) is 2.89. The molecular weight excluding hydrogens is 330 g/mol. The molecule has 1 aliphatic heterocycles. The van der Waals surface area contributed by atoms with Gasteiger partial charge in [-0.05, 0) is 38.0 Å². The molecule has 126 valence electrons. The molecule has 2 heterocycles. The van der Waals surface area contributed by atoms with Gasteiger partial charge < -0.3 is 14.7 Å². The Morgan fingerprint density at radius 1 is 1.50 bits per heavy atom. The zero-order chi connectivity index (χ0) is 17.3. The van der Waals surface area contributed by atoms with E-state index in [0.29, 0.717) is 41.4 Å². The van der Waals surface area contributed by atoms with Gasteiger partial charge in [-0.2, -0.15) is 0 Å². The fourth-order valence-corrected chi connectivity index (χ4v) is 3.08. The minimum Gasteiger partial charge on any atom is -0.361 e. The maximum Gasteiger partial charge on any atom is 0.257 e. The highest BCUT2D eigenvalue weighted by Gasteiger charge is 2.34. The number of halogens is 1. The minimum atomic E-state index is -0.560. The van der Waals surface area contributed by atoms with Crippen LogP contribution in [0.1, 0.15) is 35.2 Å². The van der Waals surface area contributed by atoms with E-state index in [1.54, 1.807) is 30.0 Å². The Bertz CT molecular complexity index is 787. The number of hydrogen-bond donors (Lipinski definition) is 1. The second-order valence-electron chi connectivity index (χ2n) is 5.70. The SMILES string of the molecule is CCc1noc(C)c1C(=O)N[C@H]1CCN(c2cccc(Cl)c2)C1=O. The van der Waals surface area contributed by atoms with Gasteiger partial charge in [-0.15, -0.1) is 0 Å². The molecule has 3 rings (SSSR count). The minimum absolute atomic E-state index is 0.141. The second-order valence-corrected chi connectivity index (χ2v) is 6.13. The average molecular weight is 348 g/mol. The highest BCUT2D eigenvalue weighted by Crippen LogP contribution is 2.25. The molecule has 1 N–H and O–H groups in total. The van der Waals surface area contributed by atoms with Gasteiger partial charge in [-0.1, -0.05) is 29.7 Å². The molecule has 1 fully saturated rings. The number of nitrogens with zero attached hydrogens (tertiary/aromatic N) is 2. The number of amides is 2. The summed E-state index contributed by atoms with van der Waals surface area (Å²) in [5.74, 6) is -0.00356. The van der Waals surface area contributed by atoms with E-state index in [1.165, 1.54) is 0 Å². The molecule has 1 atom stereocenters. The Morgan fingerprint density at radius 2 is 2.29 bits per heavy atom. The van der Waals surface area contributed by atoms with Gasteiger partial charge in [0.25, 0.3) is 5.91 Å². The number of anilines is 1. The number of hydrogen-bond acceptors (Lipinski definition) is 4. The molecule has 1 saturated heterocycles. The fraction of sp³-hybridized carbons (Fsp3) is 0.353. The molecule has 2 amide bonds. The lowest BCUT2D eigenvalue weighted by Gasteiger charge is -2.17. The van der Waals surface area contributed by atoms with Gasteiger partial charge in [0.2, 0.25) is 5.91 Å². The van der Waals surface area contributed by atoms with Crippen LogP contribution in [0.4, 0.5) is 5.69 Å². The summed E-state index contributed by atoms with van der Waals surface area (Å²) in [6.45, 7) is 4.12. The third-order valence-corrected chi connectivity index (χ3v) is 4.36. The molecule has 2 aromatic rings. The highest BCUT2D eigenvalue weighted by molar-refractivity contribution is 6.31. The molecule has 0 bridgehead atoms. The van der Waals surface area contributed by atoms with Crippen LogP contribution in [-0.4, -0.2) is 29.6 Å². The molecule has 6 nitrogen and oxygen atoms in total. The van der Waals surface area contributed by atoms with Gasteiger partial charge in [-0.25, -0.2) is 0 Å². The van der Waals surface area contributed by atoms with E-state index in [4.69, 9.17) is 16.1 Å². The molecule has 0 saturated carbocycles. The summed E-state index contributed by atoms with van der Waals surface area (Å²) in [5, 5.41) is 7.24. The van der Waals surface area contributed by atoms with Crippen molar-refractivity contribution in [2.75, 3.05) is 11.4 Å². The lowest BCUT2D eigenvalue weighted by molar-refractivity contribution is -0.118. The quantitative estimate of drug-likeness (QED) is 0.922. The number of carbonyl (C=O) groups excluding carboxylic acids is 2. The molecule has 0 aliphatic carbocycles. The Kier molecular flexibility index (Phi) is 4.57. The summed E-state index contributed by atoms with van der Waals surface area (Å²) in [4.78, 5) is 26.7. The summed E-state index contributed by atoms with van der Waals surface area (Å²) >= 11 is 5.98. The van der Waals surface area contributed by atoms with E-state index in [0.717, 1.165) is 5.69 Å². The van der Waals surface area contributed by atoms with Gasteiger partial charge in [0, 0.05) is 17.3 Å². The van der Waals surface area contributed by atoms with Crippen molar-refractivity contribution in [1.82, 2.24) is 10.5 Å². The topological polar surface area (TPSA) is 75.4 Å². The van der Waals surface area contributed by atoms with Crippen LogP contribution in [0.15, 0.2) is 28.8 Å². The van der Waals surface area contributed by atoms with Gasteiger partial charge in [0.15, 0.2) is 0 Å². The van der Waals surface area contributed by atoms with Gasteiger partial charge in [0.05, 0.1) is 5.69 Å². The third kappa shape index (κ3) is 3.01. The summed E-state index contributed by atoms with van der Waals surface area (Å²) in [6, 6.07) is 6.56. The van der Waals surface area contributed by atoms with Crippen molar-refractivity contribution in [3.8, 4) is 0 Å². The number of carbonyl (C=O) groups is 2. The van der Waals surface area contributed by atoms with Crippen molar-refractivity contribution in [3.05, 3.63) is 46.3 Å². The molecule has 0 radical (unpaired) electrons. The zero-order valence-corrected chi connectivity index (χ0v) is 14.3. The number of aromatic nitrogens is 1. The summed E-state index contributed by atoms with van der Waals surface area (Å²) in [7, 11) is 0. The summed E-state index contributed by atoms with van der Waals surface area (Å²) < 4.78 is 5.08. The summed E-state index contributed by atoms with van der Waals surface area (Å²) in [6.07, 6.45) is 1.14. The van der Waals surface area contributed by atoms with E-state index in [9.17, 15) is 9.59 Å². The van der Waals surface area contributed by atoms with Crippen molar-refractivity contribution in [3.63, 3.8) is 0 Å². The first kappa shape index (κ1) is 16.5. The lowest BCUT2D eigenvalue weighted by atomic mass is 10.1. The van der Waals surface area contributed by atoms with Gasteiger partial charge in [0.1, 0.15) is 17.4 Å². The maximum absolute atomic E-state index is 12.6. The van der Waals surface area contributed by atoms with Gasteiger partial charge >= 0.3 is 0 Å². The highest BCUT2D eigenvalue weighted by atomic mass is 35.5. The molecule has 0 spiro atoms. The van der Waals surface area contributed by atoms with E-state index in [2.05, 4.69) is 10.5 Å². The van der Waals surface area contributed by atoms with Crippen molar-refractivity contribution in [2.45, 2.75) is 32.7 Å². The normalized spacial score (nSPS) is 17.4. The first-order chi connectivity index (χ1) is 11.5. The van der Waals surface area contributed by atoms with Gasteiger partial charge in [-0.3, -0.25) is 9.59 Å². The average Bonchev–Trinajstić information content (AvgIpc) is 3.10. The molecule has 0 unspecified atom stereocenters. The van der Waals surface area contributed by atoms with Crippen LogP contribution >= 0.6 is 11.6 Å². The predicted molar refractivity (Wildman–Crippen MR) is 90.3 cm³/mol. The van der Waals surface area contributed by atoms with Crippen molar-refractivity contribution in [2.24, 2.45) is 0 Å². The second kappa shape index (κ2) is 6.65. The van der Waals surface area contributed by atoms with Crippen LogP contribution in [0, 0.1) is 6.92 Å². The largest absolute Gasteiger partial charge is 0.361 e. The number of benzene rings is 1. The van der Waals surface area contributed by atoms with Crippen LogP contribution in [-0.2, 0) is 11.2 Å². The van der Waals surface area contributed by atoms with Crippen molar-refractivity contribution in [1.29, 1.82) is 0 Å². The lowest BCUT2D eigenvalue weighted by Crippen LogP contribution is -2.41. The Hall–Kier alpha value is -2.34. The van der Waals surface area contributed by atoms with Crippen LogP contribution in [0.2, 0.25) is 5.02 Å². The van der Waals surface area contributed by atoms with Crippen LogP contribution in [0.25, 0.3) is 0 Å². The molecule has 1 aromatic heterocycles. The first-order valence-corrected chi connectivity index (χ1v) is 8.22. The van der Waals surface area contributed by atoms with Crippen molar-refractivity contribution < 1.29 is 14.1 Å². The molecule has 7 heteroatoms. The molecule has 24 heavy (non-hydrogen) atoms. The number of aryl methyl sites for hydroxylation is 2. The summed E-state index contributed by atoms with van der Waals surface area (Å²) in [5.41, 5.74) is 1.76. The molecule has 1 aliphatic rings. The van der Waals surface area contributed by atoms with E-state index < -0.39 is 6.04 Å². The first-order valence-electron chi connectivity index (χ1n) is 7.84.